The molecule has 3 nitrogen and oxygen atoms in total. The van der Waals surface area contributed by atoms with Gasteiger partial charge in [0.1, 0.15) is 0 Å². The Kier molecular flexibility index (Phi) is 2.37. The molecular weight excluding hydrogens is 188 g/mol. The van der Waals surface area contributed by atoms with Gasteiger partial charge in [-0.1, -0.05) is 12.1 Å². The topological polar surface area (TPSA) is 46.0 Å². The molecule has 0 aliphatic carbocycles. The largest absolute Gasteiger partial charge is 0.513 e. The number of rotatable bonds is 1. The predicted molar refractivity (Wildman–Crippen MR) is 60.6 cm³/mol. The minimum atomic E-state index is 0.239. The molecular formula is C12H12N2O. The number of nitrogens with zero attached hydrogens (tertiary/aromatic N) is 2. The van der Waals surface area contributed by atoms with Crippen LogP contribution >= 0.6 is 0 Å². The summed E-state index contributed by atoms with van der Waals surface area (Å²) in [5, 5.41) is 9.20. The molecule has 0 aliphatic rings. The van der Waals surface area contributed by atoms with Crippen molar-refractivity contribution in [3.05, 3.63) is 41.4 Å². The standard InChI is InChI=1S/C12H12N2O/c1-8(15)7-12-9(2)13-10-5-3-4-6-11(10)14-12/h3-7,15H,1-2H3/b8-7-. The number of aromatic nitrogens is 2. The Morgan fingerprint density at radius 1 is 1.20 bits per heavy atom. The van der Waals surface area contributed by atoms with Gasteiger partial charge in [0.2, 0.25) is 0 Å². The Morgan fingerprint density at radius 3 is 2.40 bits per heavy atom. The van der Waals surface area contributed by atoms with Crippen LogP contribution in [0.2, 0.25) is 0 Å². The number of fused-ring (bicyclic) bond motifs is 1. The second kappa shape index (κ2) is 3.69. The molecule has 1 aromatic carbocycles. The molecule has 3 heteroatoms. The van der Waals surface area contributed by atoms with E-state index in [1.165, 1.54) is 0 Å². The molecule has 0 atom stereocenters. The highest BCUT2D eigenvalue weighted by Gasteiger charge is 2.02. The lowest BCUT2D eigenvalue weighted by molar-refractivity contribution is 0.419. The summed E-state index contributed by atoms with van der Waals surface area (Å²) in [6.07, 6.45) is 1.62. The third kappa shape index (κ3) is 1.96. The highest BCUT2D eigenvalue weighted by atomic mass is 16.3. The average molecular weight is 200 g/mol. The molecule has 0 spiro atoms. The Morgan fingerprint density at radius 2 is 1.80 bits per heavy atom. The molecule has 0 fully saturated rings. The summed E-state index contributed by atoms with van der Waals surface area (Å²) >= 11 is 0. The van der Waals surface area contributed by atoms with E-state index in [0.29, 0.717) is 5.69 Å². The number of aliphatic hydroxyl groups is 1. The van der Waals surface area contributed by atoms with E-state index in [1.54, 1.807) is 13.0 Å². The first-order valence-electron chi connectivity index (χ1n) is 4.77. The first-order valence-corrected chi connectivity index (χ1v) is 4.77. The van der Waals surface area contributed by atoms with Gasteiger partial charge in [-0.2, -0.15) is 0 Å². The molecule has 1 heterocycles. The van der Waals surface area contributed by atoms with E-state index in [9.17, 15) is 5.11 Å². The fraction of sp³-hybridized carbons (Fsp3) is 0.167. The maximum absolute atomic E-state index is 9.20. The molecule has 0 saturated carbocycles. The zero-order valence-corrected chi connectivity index (χ0v) is 8.73. The van der Waals surface area contributed by atoms with Crippen molar-refractivity contribution < 1.29 is 5.11 Å². The van der Waals surface area contributed by atoms with Crippen molar-refractivity contribution in [3.63, 3.8) is 0 Å². The van der Waals surface area contributed by atoms with Gasteiger partial charge in [-0.3, -0.25) is 0 Å². The fourth-order valence-electron chi connectivity index (χ4n) is 1.44. The number of aryl methyl sites for hydroxylation is 1. The van der Waals surface area contributed by atoms with Gasteiger partial charge in [0.25, 0.3) is 0 Å². The van der Waals surface area contributed by atoms with E-state index >= 15 is 0 Å². The smallest absolute Gasteiger partial charge is 0.0913 e. The summed E-state index contributed by atoms with van der Waals surface area (Å²) in [5.74, 6) is 0.239. The number of para-hydroxylation sites is 2. The Balaban J connectivity index is 2.67. The van der Waals surface area contributed by atoms with Crippen LogP contribution in [0.4, 0.5) is 0 Å². The molecule has 0 amide bonds. The number of aliphatic hydroxyl groups excluding tert-OH is 1. The van der Waals surface area contributed by atoms with Crippen LogP contribution in [0.1, 0.15) is 18.3 Å². The average Bonchev–Trinajstić information content (AvgIpc) is 2.18. The Bertz CT molecular complexity index is 528. The van der Waals surface area contributed by atoms with Crippen LogP contribution in [0.15, 0.2) is 30.0 Å². The molecule has 2 rings (SSSR count). The fourth-order valence-corrected chi connectivity index (χ4v) is 1.44. The summed E-state index contributed by atoms with van der Waals surface area (Å²) in [6, 6.07) is 7.69. The van der Waals surface area contributed by atoms with E-state index < -0.39 is 0 Å². The molecule has 15 heavy (non-hydrogen) atoms. The molecule has 1 N–H and O–H groups in total. The van der Waals surface area contributed by atoms with Crippen LogP contribution in [-0.4, -0.2) is 15.1 Å². The van der Waals surface area contributed by atoms with Crippen molar-refractivity contribution in [2.24, 2.45) is 0 Å². The van der Waals surface area contributed by atoms with E-state index in [0.717, 1.165) is 16.7 Å². The van der Waals surface area contributed by atoms with Crippen molar-refractivity contribution >= 4 is 17.1 Å². The molecule has 0 saturated heterocycles. The summed E-state index contributed by atoms with van der Waals surface area (Å²) in [4.78, 5) is 8.83. The van der Waals surface area contributed by atoms with Gasteiger partial charge in [-0.05, 0) is 26.0 Å². The SMILES string of the molecule is C/C(O)=C/c1nc2ccccc2nc1C. The number of allylic oxidation sites excluding steroid dienone is 1. The summed E-state index contributed by atoms with van der Waals surface area (Å²) in [5.41, 5.74) is 3.26. The van der Waals surface area contributed by atoms with Gasteiger partial charge in [0.15, 0.2) is 0 Å². The summed E-state index contributed by atoms with van der Waals surface area (Å²) in [6.45, 7) is 3.50. The molecule has 2 aromatic rings. The molecule has 1 aromatic heterocycles. The van der Waals surface area contributed by atoms with Gasteiger partial charge in [0.05, 0.1) is 28.2 Å². The van der Waals surface area contributed by atoms with Crippen LogP contribution < -0.4 is 0 Å². The third-order valence-corrected chi connectivity index (χ3v) is 2.13. The second-order valence-electron chi connectivity index (χ2n) is 3.47. The van der Waals surface area contributed by atoms with Crippen LogP contribution in [-0.2, 0) is 0 Å². The van der Waals surface area contributed by atoms with Crippen molar-refractivity contribution in [3.8, 4) is 0 Å². The second-order valence-corrected chi connectivity index (χ2v) is 3.47. The quantitative estimate of drug-likeness (QED) is 0.720. The first kappa shape index (κ1) is 9.65. The van der Waals surface area contributed by atoms with E-state index in [-0.39, 0.29) is 5.76 Å². The minimum absolute atomic E-state index is 0.239. The van der Waals surface area contributed by atoms with Crippen LogP contribution in [0.3, 0.4) is 0 Å². The summed E-state index contributed by atoms with van der Waals surface area (Å²) < 4.78 is 0. The van der Waals surface area contributed by atoms with Crippen LogP contribution in [0.5, 0.6) is 0 Å². The molecule has 0 unspecified atom stereocenters. The van der Waals surface area contributed by atoms with E-state index in [1.807, 2.05) is 31.2 Å². The zero-order chi connectivity index (χ0) is 10.8. The minimum Gasteiger partial charge on any atom is -0.513 e. The van der Waals surface area contributed by atoms with Crippen LogP contribution in [0.25, 0.3) is 17.1 Å². The highest BCUT2D eigenvalue weighted by Crippen LogP contribution is 2.13. The molecule has 76 valence electrons. The number of hydrogen-bond donors (Lipinski definition) is 1. The van der Waals surface area contributed by atoms with Crippen molar-refractivity contribution in [2.45, 2.75) is 13.8 Å². The number of hydrogen-bond acceptors (Lipinski definition) is 3. The highest BCUT2D eigenvalue weighted by molar-refractivity contribution is 5.75. The van der Waals surface area contributed by atoms with Gasteiger partial charge in [-0.25, -0.2) is 9.97 Å². The lowest BCUT2D eigenvalue weighted by atomic mass is 10.2. The van der Waals surface area contributed by atoms with Gasteiger partial charge >= 0.3 is 0 Å². The number of benzene rings is 1. The van der Waals surface area contributed by atoms with Crippen molar-refractivity contribution in [2.75, 3.05) is 0 Å². The molecule has 0 bridgehead atoms. The van der Waals surface area contributed by atoms with Crippen molar-refractivity contribution in [1.29, 1.82) is 0 Å². The van der Waals surface area contributed by atoms with Crippen molar-refractivity contribution in [1.82, 2.24) is 9.97 Å². The maximum Gasteiger partial charge on any atom is 0.0913 e. The monoisotopic (exact) mass is 200 g/mol. The van der Waals surface area contributed by atoms with E-state index in [2.05, 4.69) is 9.97 Å². The van der Waals surface area contributed by atoms with Gasteiger partial charge in [-0.15, -0.1) is 0 Å². The third-order valence-electron chi connectivity index (χ3n) is 2.13. The van der Waals surface area contributed by atoms with Gasteiger partial charge < -0.3 is 5.11 Å². The maximum atomic E-state index is 9.20. The van der Waals surface area contributed by atoms with Crippen LogP contribution in [0, 0.1) is 6.92 Å². The normalized spacial score (nSPS) is 12.0. The van der Waals surface area contributed by atoms with E-state index in [4.69, 9.17) is 0 Å². The first-order chi connectivity index (χ1) is 7.16. The molecule has 0 radical (unpaired) electrons. The zero-order valence-electron chi connectivity index (χ0n) is 8.73. The van der Waals surface area contributed by atoms with Gasteiger partial charge in [0, 0.05) is 6.08 Å². The summed E-state index contributed by atoms with van der Waals surface area (Å²) in [7, 11) is 0. The Hall–Kier alpha value is -1.90. The molecule has 0 aliphatic heterocycles. The lowest BCUT2D eigenvalue weighted by Gasteiger charge is -2.02. The lowest BCUT2D eigenvalue weighted by Crippen LogP contribution is -1.93. The Labute approximate surface area is 88.1 Å². The predicted octanol–water partition coefficient (Wildman–Crippen LogP) is 2.86.